The number of hydrogen-bond donors (Lipinski definition) is 1. The molecule has 1 N–H and O–H groups in total. The largest absolute Gasteiger partial charge is 0.481 e. The molecule has 19 heavy (non-hydrogen) atoms. The van der Waals surface area contributed by atoms with E-state index in [2.05, 4.69) is 0 Å². The van der Waals surface area contributed by atoms with E-state index in [-0.39, 0.29) is 13.0 Å². The Labute approximate surface area is 107 Å². The van der Waals surface area contributed by atoms with E-state index in [1.165, 1.54) is 10.8 Å². The Hall–Kier alpha value is -1.98. The van der Waals surface area contributed by atoms with Crippen molar-refractivity contribution >= 4 is 16.9 Å². The average Bonchev–Trinajstić information content (AvgIpc) is 2.64. The third-order valence-electron chi connectivity index (χ3n) is 2.85. The molecule has 1 aromatic heterocycles. The standard InChI is InChI=1S/C13H12F3NO2/c14-13(15,16)5-6-17-8-9(7-12(18)19)10-3-1-2-4-11(10)17/h1-4,8H,5-7H2,(H,18,19). The molecule has 1 heterocycles. The van der Waals surface area contributed by atoms with Crippen molar-refractivity contribution in [3.05, 3.63) is 36.0 Å². The average molecular weight is 271 g/mol. The molecular formula is C13H12F3NO2. The van der Waals surface area contributed by atoms with E-state index in [0.717, 1.165) is 0 Å². The molecule has 6 heteroatoms. The maximum Gasteiger partial charge on any atom is 0.390 e. The zero-order chi connectivity index (χ0) is 14.0. The quantitative estimate of drug-likeness (QED) is 0.927. The minimum atomic E-state index is -4.22. The van der Waals surface area contributed by atoms with Crippen LogP contribution in [0.2, 0.25) is 0 Å². The van der Waals surface area contributed by atoms with Crippen molar-refractivity contribution < 1.29 is 23.1 Å². The smallest absolute Gasteiger partial charge is 0.390 e. The molecule has 0 bridgehead atoms. The Bertz CT molecular complexity index is 601. The van der Waals surface area contributed by atoms with Crippen molar-refractivity contribution in [3.8, 4) is 0 Å². The summed E-state index contributed by atoms with van der Waals surface area (Å²) in [5, 5.41) is 9.49. The second-order valence-electron chi connectivity index (χ2n) is 4.30. The van der Waals surface area contributed by atoms with Gasteiger partial charge in [0.2, 0.25) is 0 Å². The number of aryl methyl sites for hydroxylation is 1. The van der Waals surface area contributed by atoms with Gasteiger partial charge in [0.15, 0.2) is 0 Å². The predicted molar refractivity (Wildman–Crippen MR) is 63.9 cm³/mol. The number of benzene rings is 1. The SMILES string of the molecule is O=C(O)Cc1cn(CCC(F)(F)F)c2ccccc12. The summed E-state index contributed by atoms with van der Waals surface area (Å²) in [5.41, 5.74) is 1.16. The van der Waals surface area contributed by atoms with Crippen molar-refractivity contribution in [2.24, 2.45) is 0 Å². The van der Waals surface area contributed by atoms with Crippen LogP contribution in [-0.4, -0.2) is 21.8 Å². The fourth-order valence-electron chi connectivity index (χ4n) is 2.06. The number of halogens is 3. The molecule has 0 atom stereocenters. The molecule has 0 spiro atoms. The minimum Gasteiger partial charge on any atom is -0.481 e. The van der Waals surface area contributed by atoms with Gasteiger partial charge in [-0.15, -0.1) is 0 Å². The summed E-state index contributed by atoms with van der Waals surface area (Å²) in [6.07, 6.45) is -3.86. The molecule has 0 aliphatic rings. The van der Waals surface area contributed by atoms with Crippen LogP contribution in [0.15, 0.2) is 30.5 Å². The van der Waals surface area contributed by atoms with Crippen LogP contribution in [0.5, 0.6) is 0 Å². The van der Waals surface area contributed by atoms with Gasteiger partial charge in [-0.2, -0.15) is 13.2 Å². The molecule has 0 fully saturated rings. The minimum absolute atomic E-state index is 0.195. The van der Waals surface area contributed by atoms with Crippen LogP contribution in [0.25, 0.3) is 10.9 Å². The Morgan fingerprint density at radius 2 is 1.95 bits per heavy atom. The molecule has 0 saturated carbocycles. The van der Waals surface area contributed by atoms with Gasteiger partial charge in [-0.25, -0.2) is 0 Å². The van der Waals surface area contributed by atoms with E-state index >= 15 is 0 Å². The van der Waals surface area contributed by atoms with Gasteiger partial charge in [-0.3, -0.25) is 4.79 Å². The maximum absolute atomic E-state index is 12.3. The molecule has 0 unspecified atom stereocenters. The van der Waals surface area contributed by atoms with Gasteiger partial charge in [-0.05, 0) is 11.6 Å². The van der Waals surface area contributed by atoms with Crippen LogP contribution < -0.4 is 0 Å². The third kappa shape index (κ3) is 3.27. The van der Waals surface area contributed by atoms with Crippen LogP contribution in [0.3, 0.4) is 0 Å². The van der Waals surface area contributed by atoms with Crippen LogP contribution in [-0.2, 0) is 17.8 Å². The van der Waals surface area contributed by atoms with E-state index in [1.807, 2.05) is 0 Å². The summed E-state index contributed by atoms with van der Waals surface area (Å²) in [5.74, 6) is -1.00. The highest BCUT2D eigenvalue weighted by Crippen LogP contribution is 2.25. The van der Waals surface area contributed by atoms with Crippen LogP contribution in [0, 0.1) is 0 Å². The molecule has 1 aromatic carbocycles. The molecule has 2 rings (SSSR count). The van der Waals surface area contributed by atoms with Crippen molar-refractivity contribution in [1.82, 2.24) is 4.57 Å². The van der Waals surface area contributed by atoms with Crippen LogP contribution in [0.4, 0.5) is 13.2 Å². The summed E-state index contributed by atoms with van der Waals surface area (Å²) in [4.78, 5) is 10.7. The van der Waals surface area contributed by atoms with Crippen molar-refractivity contribution in [2.75, 3.05) is 0 Å². The normalized spacial score (nSPS) is 11.9. The monoisotopic (exact) mass is 271 g/mol. The van der Waals surface area contributed by atoms with Gasteiger partial charge in [0, 0.05) is 23.6 Å². The lowest BCUT2D eigenvalue weighted by Gasteiger charge is -2.08. The first-order valence-electron chi connectivity index (χ1n) is 5.72. The maximum atomic E-state index is 12.3. The second kappa shape index (κ2) is 4.95. The molecular weight excluding hydrogens is 259 g/mol. The van der Waals surface area contributed by atoms with E-state index in [1.54, 1.807) is 24.3 Å². The lowest BCUT2D eigenvalue weighted by molar-refractivity contribution is -0.137. The van der Waals surface area contributed by atoms with Gasteiger partial charge in [0.1, 0.15) is 0 Å². The van der Waals surface area contributed by atoms with Crippen molar-refractivity contribution in [1.29, 1.82) is 0 Å². The first-order valence-corrected chi connectivity index (χ1v) is 5.72. The molecule has 3 nitrogen and oxygen atoms in total. The number of para-hydroxylation sites is 1. The number of hydrogen-bond acceptors (Lipinski definition) is 1. The lowest BCUT2D eigenvalue weighted by atomic mass is 10.1. The van der Waals surface area contributed by atoms with Gasteiger partial charge >= 0.3 is 12.1 Å². The van der Waals surface area contributed by atoms with E-state index in [4.69, 9.17) is 5.11 Å². The highest BCUT2D eigenvalue weighted by Gasteiger charge is 2.27. The molecule has 0 aliphatic heterocycles. The van der Waals surface area contributed by atoms with E-state index < -0.39 is 18.6 Å². The number of rotatable bonds is 4. The van der Waals surface area contributed by atoms with E-state index in [0.29, 0.717) is 16.5 Å². The molecule has 0 amide bonds. The van der Waals surface area contributed by atoms with Gasteiger partial charge in [-0.1, -0.05) is 18.2 Å². The number of nitrogens with zero attached hydrogens (tertiary/aromatic N) is 1. The number of aromatic nitrogens is 1. The van der Waals surface area contributed by atoms with Gasteiger partial charge in [0.25, 0.3) is 0 Å². The van der Waals surface area contributed by atoms with Crippen LogP contribution in [0.1, 0.15) is 12.0 Å². The van der Waals surface area contributed by atoms with Crippen LogP contribution >= 0.6 is 0 Å². The molecule has 0 saturated heterocycles. The number of fused-ring (bicyclic) bond motifs is 1. The highest BCUT2D eigenvalue weighted by atomic mass is 19.4. The zero-order valence-electron chi connectivity index (χ0n) is 9.94. The summed E-state index contributed by atoms with van der Waals surface area (Å²) in [6, 6.07) is 6.87. The summed E-state index contributed by atoms with van der Waals surface area (Å²) >= 11 is 0. The number of aliphatic carboxylic acids is 1. The molecule has 2 aromatic rings. The predicted octanol–water partition coefficient (Wildman–Crippen LogP) is 3.22. The van der Waals surface area contributed by atoms with E-state index in [9.17, 15) is 18.0 Å². The second-order valence-corrected chi connectivity index (χ2v) is 4.30. The van der Waals surface area contributed by atoms with Gasteiger partial charge < -0.3 is 9.67 Å². The number of carboxylic acid groups (broad SMARTS) is 1. The summed E-state index contributed by atoms with van der Waals surface area (Å²) < 4.78 is 38.2. The van der Waals surface area contributed by atoms with Crippen molar-refractivity contribution in [3.63, 3.8) is 0 Å². The number of carbonyl (C=O) groups is 1. The topological polar surface area (TPSA) is 42.2 Å². The lowest BCUT2D eigenvalue weighted by Crippen LogP contribution is -2.11. The molecule has 0 radical (unpaired) electrons. The molecule has 0 aliphatic carbocycles. The first-order chi connectivity index (χ1) is 8.87. The highest BCUT2D eigenvalue weighted by molar-refractivity contribution is 5.87. The van der Waals surface area contributed by atoms with Gasteiger partial charge in [0.05, 0.1) is 12.8 Å². The summed E-state index contributed by atoms with van der Waals surface area (Å²) in [7, 11) is 0. The Kier molecular flexibility index (Phi) is 3.50. The third-order valence-corrected chi connectivity index (χ3v) is 2.85. The number of carboxylic acids is 1. The first kappa shape index (κ1) is 13.5. The zero-order valence-corrected chi connectivity index (χ0v) is 9.94. The fourth-order valence-corrected chi connectivity index (χ4v) is 2.06. The summed E-state index contributed by atoms with van der Waals surface area (Å²) in [6.45, 7) is -0.205. The Morgan fingerprint density at radius 3 is 2.58 bits per heavy atom. The number of alkyl halides is 3. The fraction of sp³-hybridized carbons (Fsp3) is 0.308. The Balaban J connectivity index is 2.36. The van der Waals surface area contributed by atoms with Crippen molar-refractivity contribution in [2.45, 2.75) is 25.6 Å². The Morgan fingerprint density at radius 1 is 1.26 bits per heavy atom. The molecule has 102 valence electrons.